The number of hydrogen-bond acceptors (Lipinski definition) is 1. The van der Waals surface area contributed by atoms with E-state index in [-0.39, 0.29) is 0 Å². The molecule has 0 bridgehead atoms. The maximum atomic E-state index is 2.49. The lowest BCUT2D eigenvalue weighted by molar-refractivity contribution is 0.949. The summed E-state index contributed by atoms with van der Waals surface area (Å²) < 4.78 is 0. The Morgan fingerprint density at radius 3 is 2.09 bits per heavy atom. The molecule has 1 aliphatic rings. The van der Waals surface area contributed by atoms with Crippen LogP contribution in [0, 0.1) is 6.92 Å². The molecule has 1 nitrogen and oxygen atoms in total. The predicted molar refractivity (Wildman–Crippen MR) is 95.6 cm³/mol. The summed E-state index contributed by atoms with van der Waals surface area (Å²) in [5.74, 6) is 0. The van der Waals surface area contributed by atoms with E-state index >= 15 is 0 Å². The zero-order valence-electron chi connectivity index (χ0n) is 13.0. The predicted octanol–water partition coefficient (Wildman–Crippen LogP) is 5.42. The third-order valence-electron chi connectivity index (χ3n) is 4.68. The number of benzene rings is 3. The first-order valence-corrected chi connectivity index (χ1v) is 8.15. The van der Waals surface area contributed by atoms with E-state index in [1.165, 1.54) is 59.1 Å². The molecule has 0 aliphatic carbocycles. The van der Waals surface area contributed by atoms with Gasteiger partial charge in [0.05, 0.1) is 0 Å². The Balaban J connectivity index is 1.72. The summed E-state index contributed by atoms with van der Waals surface area (Å²) in [5, 5.41) is 2.65. The number of rotatable bonds is 2. The second-order valence-electron chi connectivity index (χ2n) is 6.31. The molecule has 0 spiro atoms. The Morgan fingerprint density at radius 1 is 0.682 bits per heavy atom. The molecule has 1 heteroatoms. The topological polar surface area (TPSA) is 3.24 Å². The summed E-state index contributed by atoms with van der Waals surface area (Å²) in [5.41, 5.74) is 5.26. The van der Waals surface area contributed by atoms with E-state index in [2.05, 4.69) is 72.5 Å². The third kappa shape index (κ3) is 2.48. The van der Waals surface area contributed by atoms with E-state index < -0.39 is 0 Å². The van der Waals surface area contributed by atoms with Crippen molar-refractivity contribution in [1.29, 1.82) is 0 Å². The highest BCUT2D eigenvalue weighted by Crippen LogP contribution is 2.29. The van der Waals surface area contributed by atoms with E-state index in [1.807, 2.05) is 0 Å². The summed E-state index contributed by atoms with van der Waals surface area (Å²) in [4.78, 5) is 2.49. The molecule has 1 fully saturated rings. The van der Waals surface area contributed by atoms with Gasteiger partial charge in [0.25, 0.3) is 0 Å². The molecule has 4 rings (SSSR count). The highest BCUT2D eigenvalue weighted by molar-refractivity contribution is 5.89. The largest absolute Gasteiger partial charge is 0.372 e. The lowest BCUT2D eigenvalue weighted by Gasteiger charge is -2.18. The second kappa shape index (κ2) is 5.49. The number of aryl methyl sites for hydroxylation is 1. The Hall–Kier alpha value is -2.28. The molecule has 0 aromatic heterocycles. The van der Waals surface area contributed by atoms with Crippen LogP contribution in [0.4, 0.5) is 5.69 Å². The molecule has 0 radical (unpaired) electrons. The monoisotopic (exact) mass is 287 g/mol. The van der Waals surface area contributed by atoms with Crippen molar-refractivity contribution in [1.82, 2.24) is 0 Å². The SMILES string of the molecule is Cc1ccc(-c2ccc3cc(N4CCCC4)ccc3c2)cc1. The van der Waals surface area contributed by atoms with Crippen molar-refractivity contribution < 1.29 is 0 Å². The number of nitrogens with zero attached hydrogens (tertiary/aromatic N) is 1. The molecule has 3 aromatic carbocycles. The summed E-state index contributed by atoms with van der Waals surface area (Å²) >= 11 is 0. The van der Waals surface area contributed by atoms with Crippen molar-refractivity contribution in [2.45, 2.75) is 19.8 Å². The highest BCUT2D eigenvalue weighted by Gasteiger charge is 2.12. The average Bonchev–Trinajstić information content (AvgIpc) is 3.09. The van der Waals surface area contributed by atoms with Gasteiger partial charge in [0.1, 0.15) is 0 Å². The van der Waals surface area contributed by atoms with Gasteiger partial charge >= 0.3 is 0 Å². The molecular formula is C21H21N. The molecule has 0 N–H and O–H groups in total. The van der Waals surface area contributed by atoms with Gasteiger partial charge in [0.2, 0.25) is 0 Å². The van der Waals surface area contributed by atoms with Crippen molar-refractivity contribution in [2.75, 3.05) is 18.0 Å². The zero-order valence-corrected chi connectivity index (χ0v) is 13.0. The normalized spacial score (nSPS) is 14.7. The molecule has 0 saturated carbocycles. The van der Waals surface area contributed by atoms with Gasteiger partial charge in [-0.25, -0.2) is 0 Å². The Labute approximate surface area is 132 Å². The Kier molecular flexibility index (Phi) is 3.34. The fourth-order valence-corrected chi connectivity index (χ4v) is 3.33. The third-order valence-corrected chi connectivity index (χ3v) is 4.68. The minimum absolute atomic E-state index is 1.20. The lowest BCUT2D eigenvalue weighted by atomic mass is 10.00. The minimum Gasteiger partial charge on any atom is -0.372 e. The van der Waals surface area contributed by atoms with Crippen LogP contribution in [0.3, 0.4) is 0 Å². The summed E-state index contributed by atoms with van der Waals surface area (Å²) in [6.07, 6.45) is 2.65. The maximum Gasteiger partial charge on any atom is 0.0372 e. The molecule has 1 heterocycles. The molecule has 3 aromatic rings. The van der Waals surface area contributed by atoms with Gasteiger partial charge in [-0.3, -0.25) is 0 Å². The zero-order chi connectivity index (χ0) is 14.9. The Bertz CT molecular complexity index is 796. The first kappa shape index (κ1) is 13.4. The second-order valence-corrected chi connectivity index (χ2v) is 6.31. The van der Waals surface area contributed by atoms with Crippen LogP contribution in [0.15, 0.2) is 60.7 Å². The van der Waals surface area contributed by atoms with Gasteiger partial charge in [-0.2, -0.15) is 0 Å². The van der Waals surface area contributed by atoms with Crippen LogP contribution in [0.5, 0.6) is 0 Å². The van der Waals surface area contributed by atoms with Crippen molar-refractivity contribution in [3.05, 3.63) is 66.2 Å². The first-order chi connectivity index (χ1) is 10.8. The van der Waals surface area contributed by atoms with E-state index in [0.717, 1.165) is 0 Å². The van der Waals surface area contributed by atoms with Crippen LogP contribution in [0.25, 0.3) is 21.9 Å². The first-order valence-electron chi connectivity index (χ1n) is 8.15. The van der Waals surface area contributed by atoms with Crippen LogP contribution < -0.4 is 4.90 Å². The van der Waals surface area contributed by atoms with Gasteiger partial charge in [0.15, 0.2) is 0 Å². The van der Waals surface area contributed by atoms with Crippen molar-refractivity contribution in [3.8, 4) is 11.1 Å². The van der Waals surface area contributed by atoms with Crippen LogP contribution in [0.1, 0.15) is 18.4 Å². The molecule has 22 heavy (non-hydrogen) atoms. The minimum atomic E-state index is 1.20. The molecule has 1 aliphatic heterocycles. The lowest BCUT2D eigenvalue weighted by Crippen LogP contribution is -2.17. The summed E-state index contributed by atoms with van der Waals surface area (Å²) in [6.45, 7) is 4.53. The van der Waals surface area contributed by atoms with Gasteiger partial charge in [-0.15, -0.1) is 0 Å². The van der Waals surface area contributed by atoms with Gasteiger partial charge in [0, 0.05) is 18.8 Å². The molecule has 0 amide bonds. The molecule has 0 unspecified atom stereocenters. The van der Waals surface area contributed by atoms with Gasteiger partial charge < -0.3 is 4.90 Å². The van der Waals surface area contributed by atoms with Crippen molar-refractivity contribution >= 4 is 16.5 Å². The maximum absolute atomic E-state index is 2.49. The quantitative estimate of drug-likeness (QED) is 0.608. The number of anilines is 1. The average molecular weight is 287 g/mol. The fraction of sp³-hybridized carbons (Fsp3) is 0.238. The van der Waals surface area contributed by atoms with Crippen LogP contribution in [0.2, 0.25) is 0 Å². The number of fused-ring (bicyclic) bond motifs is 1. The standard InChI is InChI=1S/C21H21N/c1-16-4-6-17(7-5-16)18-8-9-20-15-21(11-10-19(20)14-18)22-12-2-3-13-22/h4-11,14-15H,2-3,12-13H2,1H3. The van der Waals surface area contributed by atoms with Crippen LogP contribution in [-0.4, -0.2) is 13.1 Å². The van der Waals surface area contributed by atoms with E-state index in [0.29, 0.717) is 0 Å². The van der Waals surface area contributed by atoms with Crippen molar-refractivity contribution in [3.63, 3.8) is 0 Å². The Morgan fingerprint density at radius 2 is 1.32 bits per heavy atom. The smallest absolute Gasteiger partial charge is 0.0372 e. The van der Waals surface area contributed by atoms with Crippen molar-refractivity contribution in [2.24, 2.45) is 0 Å². The van der Waals surface area contributed by atoms with Gasteiger partial charge in [-0.1, -0.05) is 48.0 Å². The summed E-state index contributed by atoms with van der Waals surface area (Å²) in [7, 11) is 0. The van der Waals surface area contributed by atoms with Gasteiger partial charge in [-0.05, 0) is 59.9 Å². The number of hydrogen-bond donors (Lipinski definition) is 0. The molecule has 1 saturated heterocycles. The highest BCUT2D eigenvalue weighted by atomic mass is 15.1. The van der Waals surface area contributed by atoms with E-state index in [9.17, 15) is 0 Å². The summed E-state index contributed by atoms with van der Waals surface area (Å²) in [6, 6.07) is 22.4. The fourth-order valence-electron chi connectivity index (χ4n) is 3.33. The van der Waals surface area contributed by atoms with E-state index in [1.54, 1.807) is 0 Å². The van der Waals surface area contributed by atoms with E-state index in [4.69, 9.17) is 0 Å². The van der Waals surface area contributed by atoms with Crippen LogP contribution in [-0.2, 0) is 0 Å². The molecule has 0 atom stereocenters. The molecule has 110 valence electrons. The molecular weight excluding hydrogens is 266 g/mol. The van der Waals surface area contributed by atoms with Crippen LogP contribution >= 0.6 is 0 Å².